The lowest BCUT2D eigenvalue weighted by molar-refractivity contribution is 0.0606. The van der Waals surface area contributed by atoms with Crippen LogP contribution in [0.4, 0.5) is 5.69 Å². The van der Waals surface area contributed by atoms with Crippen molar-refractivity contribution in [3.05, 3.63) is 57.7 Å². The Morgan fingerprint density at radius 2 is 2.16 bits per heavy atom. The van der Waals surface area contributed by atoms with Gasteiger partial charge in [-0.25, -0.2) is 4.98 Å². The number of fused-ring (bicyclic) bond motifs is 1. The van der Waals surface area contributed by atoms with E-state index >= 15 is 0 Å². The second-order valence-electron chi connectivity index (χ2n) is 5.67. The minimum absolute atomic E-state index is 0.00137. The van der Waals surface area contributed by atoms with Crippen LogP contribution in [0.1, 0.15) is 22.2 Å². The predicted molar refractivity (Wildman–Crippen MR) is 101 cm³/mol. The van der Waals surface area contributed by atoms with Gasteiger partial charge < -0.3 is 15.0 Å². The van der Waals surface area contributed by atoms with Gasteiger partial charge in [0.1, 0.15) is 11.2 Å². The Morgan fingerprint density at radius 3 is 2.96 bits per heavy atom. The van der Waals surface area contributed by atoms with Crippen LogP contribution in [-0.4, -0.2) is 36.1 Å². The number of hydrogen-bond acceptors (Lipinski definition) is 6. The maximum atomic E-state index is 12.9. The summed E-state index contributed by atoms with van der Waals surface area (Å²) < 4.78 is 5.19. The average molecular weight is 371 g/mol. The van der Waals surface area contributed by atoms with Crippen LogP contribution in [0.15, 0.2) is 46.5 Å². The highest BCUT2D eigenvalue weighted by Gasteiger charge is 2.33. The molecule has 2 aromatic heterocycles. The summed E-state index contributed by atoms with van der Waals surface area (Å²) in [5, 5.41) is 10.6. The number of benzene rings is 1. The van der Waals surface area contributed by atoms with Gasteiger partial charge in [-0.05, 0) is 23.6 Å². The van der Waals surface area contributed by atoms with Gasteiger partial charge >= 0.3 is 0 Å². The third-order valence-electron chi connectivity index (χ3n) is 4.13. The number of hydrogen-bond donors (Lipinski definition) is 1. The molecule has 1 amide bonds. The van der Waals surface area contributed by atoms with Crippen molar-refractivity contribution in [2.75, 3.05) is 25.6 Å². The molecule has 1 N–H and O–H groups in total. The van der Waals surface area contributed by atoms with Gasteiger partial charge in [0.05, 0.1) is 17.9 Å². The van der Waals surface area contributed by atoms with E-state index in [0.717, 1.165) is 22.0 Å². The molecule has 7 heteroatoms. The van der Waals surface area contributed by atoms with Crippen LogP contribution in [0.3, 0.4) is 0 Å². The Hall–Kier alpha value is -2.22. The van der Waals surface area contributed by atoms with E-state index < -0.39 is 0 Å². The summed E-state index contributed by atoms with van der Waals surface area (Å²) in [6.07, 6.45) is -0.291. The third-order valence-corrected chi connectivity index (χ3v) is 5.72. The molecule has 25 heavy (non-hydrogen) atoms. The highest BCUT2D eigenvalue weighted by atomic mass is 32.1. The Balaban J connectivity index is 1.70. The standard InChI is InChI=1S/C18H17N3O2S2/c1-23-8-7-21-16(19-14-5-3-2-4-13(14)18(21)22)15-11-25-17(20-15)12-6-9-24-10-12/h2-6,9-11,16,19H,7-8H2,1H3/t16-/m1/s1. The van der Waals surface area contributed by atoms with E-state index in [0.29, 0.717) is 18.7 Å². The van der Waals surface area contributed by atoms with Gasteiger partial charge in [-0.1, -0.05) is 12.1 Å². The average Bonchev–Trinajstić information content (AvgIpc) is 3.32. The number of aromatic nitrogens is 1. The largest absolute Gasteiger partial charge is 0.383 e. The van der Waals surface area contributed by atoms with Crippen LogP contribution in [0, 0.1) is 0 Å². The fourth-order valence-corrected chi connectivity index (χ4v) is 4.43. The number of carbonyl (C=O) groups is 1. The van der Waals surface area contributed by atoms with Crippen molar-refractivity contribution in [1.29, 1.82) is 0 Å². The molecule has 0 radical (unpaired) electrons. The number of rotatable bonds is 5. The fourth-order valence-electron chi connectivity index (χ4n) is 2.88. The lowest BCUT2D eigenvalue weighted by Crippen LogP contribution is -2.44. The maximum absolute atomic E-state index is 12.9. The van der Waals surface area contributed by atoms with Crippen molar-refractivity contribution in [2.45, 2.75) is 6.17 Å². The normalized spacial score (nSPS) is 16.6. The van der Waals surface area contributed by atoms with Crippen LogP contribution in [-0.2, 0) is 4.74 Å². The second-order valence-corrected chi connectivity index (χ2v) is 7.31. The summed E-state index contributed by atoms with van der Waals surface area (Å²) in [5.41, 5.74) is 3.50. The van der Waals surface area contributed by atoms with Gasteiger partial charge in [-0.2, -0.15) is 11.3 Å². The second kappa shape index (κ2) is 6.95. The molecular formula is C18H17N3O2S2. The molecule has 0 spiro atoms. The molecule has 1 aliphatic heterocycles. The topological polar surface area (TPSA) is 54.5 Å². The summed E-state index contributed by atoms with van der Waals surface area (Å²) in [6.45, 7) is 0.986. The molecule has 1 aliphatic rings. The molecule has 3 heterocycles. The molecule has 3 aromatic rings. The monoisotopic (exact) mass is 371 g/mol. The molecule has 1 atom stereocenters. The summed E-state index contributed by atoms with van der Waals surface area (Å²) >= 11 is 3.25. The SMILES string of the molecule is COCCN1C(=O)c2ccccc2N[C@H]1c1csc(-c2ccsc2)n1. The number of para-hydroxylation sites is 1. The lowest BCUT2D eigenvalue weighted by Gasteiger charge is -2.36. The van der Waals surface area contributed by atoms with Gasteiger partial charge in [-0.3, -0.25) is 4.79 Å². The van der Waals surface area contributed by atoms with Crippen molar-refractivity contribution < 1.29 is 9.53 Å². The highest BCUT2D eigenvalue weighted by molar-refractivity contribution is 7.14. The van der Waals surface area contributed by atoms with E-state index in [9.17, 15) is 4.79 Å². The molecule has 0 bridgehead atoms. The molecule has 1 aromatic carbocycles. The Kier molecular flexibility index (Phi) is 4.52. The molecule has 0 aliphatic carbocycles. The minimum Gasteiger partial charge on any atom is -0.383 e. The van der Waals surface area contributed by atoms with Crippen LogP contribution >= 0.6 is 22.7 Å². The van der Waals surface area contributed by atoms with Crippen molar-refractivity contribution in [3.63, 3.8) is 0 Å². The number of carbonyl (C=O) groups excluding carboxylic acids is 1. The van der Waals surface area contributed by atoms with Crippen molar-refractivity contribution in [3.8, 4) is 10.6 Å². The summed E-state index contributed by atoms with van der Waals surface area (Å²) in [5.74, 6) is 0.00137. The zero-order valence-electron chi connectivity index (χ0n) is 13.6. The number of ether oxygens (including phenoxy) is 1. The number of thiazole rings is 1. The van der Waals surface area contributed by atoms with E-state index in [-0.39, 0.29) is 12.1 Å². The zero-order valence-corrected chi connectivity index (χ0v) is 15.3. The highest BCUT2D eigenvalue weighted by Crippen LogP contribution is 2.35. The number of amides is 1. The fraction of sp³-hybridized carbons (Fsp3) is 0.222. The van der Waals surface area contributed by atoms with Gasteiger partial charge in [0.2, 0.25) is 0 Å². The molecule has 0 unspecified atom stereocenters. The van der Waals surface area contributed by atoms with Crippen LogP contribution in [0.5, 0.6) is 0 Å². The van der Waals surface area contributed by atoms with Gasteiger partial charge in [-0.15, -0.1) is 11.3 Å². The Labute approximate surface area is 153 Å². The van der Waals surface area contributed by atoms with Gasteiger partial charge in [0, 0.05) is 35.7 Å². The smallest absolute Gasteiger partial charge is 0.257 e. The molecule has 5 nitrogen and oxygen atoms in total. The summed E-state index contributed by atoms with van der Waals surface area (Å²) in [4.78, 5) is 19.5. The molecule has 0 saturated carbocycles. The van der Waals surface area contributed by atoms with Crippen LogP contribution in [0.2, 0.25) is 0 Å². The first-order valence-electron chi connectivity index (χ1n) is 7.91. The number of nitrogens with zero attached hydrogens (tertiary/aromatic N) is 2. The first kappa shape index (κ1) is 16.3. The van der Waals surface area contributed by atoms with Crippen molar-refractivity contribution in [1.82, 2.24) is 9.88 Å². The van der Waals surface area contributed by atoms with Crippen LogP contribution < -0.4 is 5.32 Å². The molecular weight excluding hydrogens is 354 g/mol. The van der Waals surface area contributed by atoms with Crippen molar-refractivity contribution in [2.24, 2.45) is 0 Å². The number of methoxy groups -OCH3 is 1. The first-order valence-corrected chi connectivity index (χ1v) is 9.73. The van der Waals surface area contributed by atoms with E-state index in [1.54, 1.807) is 34.7 Å². The maximum Gasteiger partial charge on any atom is 0.257 e. The molecule has 0 saturated heterocycles. The number of thiophene rings is 1. The summed E-state index contributed by atoms with van der Waals surface area (Å²) in [6, 6.07) is 9.65. The third kappa shape index (κ3) is 3.06. The zero-order chi connectivity index (χ0) is 17.2. The molecule has 4 rings (SSSR count). The van der Waals surface area contributed by atoms with Crippen LogP contribution in [0.25, 0.3) is 10.6 Å². The molecule has 128 valence electrons. The van der Waals surface area contributed by atoms with E-state index in [2.05, 4.69) is 16.8 Å². The van der Waals surface area contributed by atoms with E-state index in [4.69, 9.17) is 9.72 Å². The number of nitrogens with one attached hydrogen (secondary N) is 1. The molecule has 0 fully saturated rings. The van der Waals surface area contributed by atoms with Gasteiger partial charge in [0.25, 0.3) is 5.91 Å². The quantitative estimate of drug-likeness (QED) is 0.734. The van der Waals surface area contributed by atoms with E-state index in [1.165, 1.54) is 0 Å². The predicted octanol–water partition coefficient (Wildman–Crippen LogP) is 4.08. The lowest BCUT2D eigenvalue weighted by atomic mass is 10.1. The first-order chi connectivity index (χ1) is 12.3. The Bertz CT molecular complexity index is 876. The minimum atomic E-state index is -0.291. The van der Waals surface area contributed by atoms with E-state index in [1.807, 2.05) is 35.0 Å². The number of anilines is 1. The summed E-state index contributed by atoms with van der Waals surface area (Å²) in [7, 11) is 1.64. The van der Waals surface area contributed by atoms with Gasteiger partial charge in [0.15, 0.2) is 0 Å². The van der Waals surface area contributed by atoms with Crippen molar-refractivity contribution >= 4 is 34.3 Å². The Morgan fingerprint density at radius 1 is 1.28 bits per heavy atom.